The Bertz CT molecular complexity index is 178. The van der Waals surface area contributed by atoms with Crippen LogP contribution in [-0.2, 0) is 0 Å². The van der Waals surface area contributed by atoms with Crippen molar-refractivity contribution in [2.45, 2.75) is 19.4 Å². The van der Waals surface area contributed by atoms with Gasteiger partial charge in [0.15, 0.2) is 0 Å². The third kappa shape index (κ3) is 4.87. The molecular formula is C9H16Cl2N2. The minimum atomic E-state index is 0.337. The van der Waals surface area contributed by atoms with E-state index >= 15 is 0 Å². The molecule has 0 aliphatic carbocycles. The maximum Gasteiger partial charge on any atom is 0.104 e. The fourth-order valence-corrected chi connectivity index (χ4v) is 1.77. The number of halogens is 2. The minimum absolute atomic E-state index is 0.337. The highest BCUT2D eigenvalue weighted by Crippen LogP contribution is 2.09. The summed E-state index contributed by atoms with van der Waals surface area (Å²) in [5, 5.41) is 6.75. The summed E-state index contributed by atoms with van der Waals surface area (Å²) in [5.74, 6) is 0.752. The second-order valence-electron chi connectivity index (χ2n) is 3.60. The highest BCUT2D eigenvalue weighted by molar-refractivity contribution is 6.55. The van der Waals surface area contributed by atoms with Crippen molar-refractivity contribution < 1.29 is 0 Å². The summed E-state index contributed by atoms with van der Waals surface area (Å²) in [6.45, 7) is 5.18. The van der Waals surface area contributed by atoms with Gasteiger partial charge in [-0.1, -0.05) is 30.1 Å². The second-order valence-corrected chi connectivity index (χ2v) is 4.61. The van der Waals surface area contributed by atoms with Crippen LogP contribution in [-0.4, -0.2) is 25.7 Å². The van der Waals surface area contributed by atoms with E-state index in [4.69, 9.17) is 23.2 Å². The molecule has 0 bridgehead atoms. The Balaban J connectivity index is 2.17. The molecule has 1 fully saturated rings. The van der Waals surface area contributed by atoms with Gasteiger partial charge in [0.05, 0.1) is 0 Å². The zero-order chi connectivity index (χ0) is 9.68. The molecule has 1 heterocycles. The van der Waals surface area contributed by atoms with Crippen LogP contribution in [0, 0.1) is 5.92 Å². The molecule has 0 radical (unpaired) electrons. The van der Waals surface area contributed by atoms with Gasteiger partial charge in [0, 0.05) is 19.1 Å². The number of nitrogens with one attached hydrogen (secondary N) is 2. The fourth-order valence-electron chi connectivity index (χ4n) is 1.61. The van der Waals surface area contributed by atoms with Crippen LogP contribution in [0.5, 0.6) is 0 Å². The monoisotopic (exact) mass is 222 g/mol. The first-order chi connectivity index (χ1) is 6.18. The summed E-state index contributed by atoms with van der Waals surface area (Å²) >= 11 is 11.0. The first-order valence-electron chi connectivity index (χ1n) is 4.63. The molecule has 1 rings (SSSR count). The van der Waals surface area contributed by atoms with Gasteiger partial charge in [-0.2, -0.15) is 0 Å². The number of piperidine rings is 1. The van der Waals surface area contributed by atoms with Crippen molar-refractivity contribution >= 4 is 23.2 Å². The lowest BCUT2D eigenvalue weighted by atomic mass is 9.98. The Kier molecular flexibility index (Phi) is 5.10. The largest absolute Gasteiger partial charge is 0.315 e. The lowest BCUT2D eigenvalue weighted by molar-refractivity contribution is 0.327. The standard InChI is InChI=1S/C9H16Cl2N2/c1-7-4-8(6-12-5-7)13-3-2-9(10)11/h2,7-8,12-13H,3-6H2,1H3. The quantitative estimate of drug-likeness (QED) is 0.763. The van der Waals surface area contributed by atoms with E-state index in [9.17, 15) is 0 Å². The van der Waals surface area contributed by atoms with E-state index in [-0.39, 0.29) is 0 Å². The third-order valence-corrected chi connectivity index (χ3v) is 2.54. The normalized spacial score (nSPS) is 28.5. The van der Waals surface area contributed by atoms with Gasteiger partial charge < -0.3 is 10.6 Å². The first kappa shape index (κ1) is 11.3. The topological polar surface area (TPSA) is 24.1 Å². The maximum atomic E-state index is 5.50. The number of rotatable bonds is 3. The molecule has 0 aromatic carbocycles. The van der Waals surface area contributed by atoms with Crippen molar-refractivity contribution in [2.75, 3.05) is 19.6 Å². The van der Waals surface area contributed by atoms with E-state index in [0.717, 1.165) is 25.6 Å². The molecule has 0 saturated carbocycles. The van der Waals surface area contributed by atoms with Gasteiger partial charge >= 0.3 is 0 Å². The Hall–Kier alpha value is 0.240. The summed E-state index contributed by atoms with van der Waals surface area (Å²) < 4.78 is 0.337. The molecule has 1 saturated heterocycles. The van der Waals surface area contributed by atoms with E-state index < -0.39 is 0 Å². The molecule has 0 aromatic heterocycles. The van der Waals surface area contributed by atoms with Gasteiger partial charge in [0.2, 0.25) is 0 Å². The molecular weight excluding hydrogens is 207 g/mol. The van der Waals surface area contributed by atoms with Crippen molar-refractivity contribution in [3.8, 4) is 0 Å². The smallest absolute Gasteiger partial charge is 0.104 e. The van der Waals surface area contributed by atoms with Gasteiger partial charge in [-0.05, 0) is 25.0 Å². The van der Waals surface area contributed by atoms with Gasteiger partial charge in [0.25, 0.3) is 0 Å². The van der Waals surface area contributed by atoms with Crippen LogP contribution >= 0.6 is 23.2 Å². The van der Waals surface area contributed by atoms with Gasteiger partial charge in [-0.15, -0.1) is 0 Å². The third-order valence-electron chi connectivity index (χ3n) is 2.23. The van der Waals surface area contributed by atoms with Crippen LogP contribution in [0.15, 0.2) is 10.6 Å². The average Bonchev–Trinajstić information content (AvgIpc) is 2.03. The Labute approximate surface area is 89.7 Å². The van der Waals surface area contributed by atoms with Crippen LogP contribution in [0.1, 0.15) is 13.3 Å². The summed E-state index contributed by atoms with van der Waals surface area (Å²) in [5.41, 5.74) is 0. The van der Waals surface area contributed by atoms with Gasteiger partial charge in [-0.25, -0.2) is 0 Å². The van der Waals surface area contributed by atoms with Crippen molar-refractivity contribution in [3.05, 3.63) is 10.6 Å². The minimum Gasteiger partial charge on any atom is -0.315 e. The Morgan fingerprint density at radius 3 is 2.92 bits per heavy atom. The second kappa shape index (κ2) is 5.86. The number of hydrogen-bond acceptors (Lipinski definition) is 2. The van der Waals surface area contributed by atoms with E-state index in [1.807, 2.05) is 0 Å². The molecule has 0 aromatic rings. The molecule has 0 spiro atoms. The zero-order valence-electron chi connectivity index (χ0n) is 7.82. The molecule has 76 valence electrons. The zero-order valence-corrected chi connectivity index (χ0v) is 9.33. The molecule has 2 unspecified atom stereocenters. The number of hydrogen-bond donors (Lipinski definition) is 2. The van der Waals surface area contributed by atoms with Gasteiger partial charge in [0.1, 0.15) is 4.49 Å². The summed E-state index contributed by atoms with van der Waals surface area (Å²) in [6, 6.07) is 0.549. The van der Waals surface area contributed by atoms with Crippen LogP contribution in [0.3, 0.4) is 0 Å². The highest BCUT2D eigenvalue weighted by Gasteiger charge is 2.16. The summed E-state index contributed by atoms with van der Waals surface area (Å²) in [4.78, 5) is 0. The van der Waals surface area contributed by atoms with Crippen molar-refractivity contribution in [2.24, 2.45) is 5.92 Å². The van der Waals surface area contributed by atoms with Crippen LogP contribution in [0.25, 0.3) is 0 Å². The molecule has 4 heteroatoms. The van der Waals surface area contributed by atoms with Crippen molar-refractivity contribution in [1.82, 2.24) is 10.6 Å². The lowest BCUT2D eigenvalue weighted by Gasteiger charge is -2.28. The molecule has 1 aliphatic heterocycles. The van der Waals surface area contributed by atoms with Crippen LogP contribution in [0.2, 0.25) is 0 Å². The molecule has 2 nitrogen and oxygen atoms in total. The van der Waals surface area contributed by atoms with E-state index in [0.29, 0.717) is 10.5 Å². The lowest BCUT2D eigenvalue weighted by Crippen LogP contribution is -2.46. The summed E-state index contributed by atoms with van der Waals surface area (Å²) in [7, 11) is 0. The molecule has 2 N–H and O–H groups in total. The van der Waals surface area contributed by atoms with Crippen molar-refractivity contribution in [3.63, 3.8) is 0 Å². The fraction of sp³-hybridized carbons (Fsp3) is 0.778. The first-order valence-corrected chi connectivity index (χ1v) is 5.39. The van der Waals surface area contributed by atoms with E-state index in [2.05, 4.69) is 17.6 Å². The molecule has 2 atom stereocenters. The van der Waals surface area contributed by atoms with E-state index in [1.54, 1.807) is 6.08 Å². The average molecular weight is 223 g/mol. The van der Waals surface area contributed by atoms with E-state index in [1.165, 1.54) is 6.42 Å². The van der Waals surface area contributed by atoms with Crippen LogP contribution in [0.4, 0.5) is 0 Å². The van der Waals surface area contributed by atoms with Crippen molar-refractivity contribution in [1.29, 1.82) is 0 Å². The summed E-state index contributed by atoms with van der Waals surface area (Å²) in [6.07, 6.45) is 3.00. The Morgan fingerprint density at radius 2 is 2.31 bits per heavy atom. The highest BCUT2D eigenvalue weighted by atomic mass is 35.5. The SMILES string of the molecule is CC1CNCC(NCC=C(Cl)Cl)C1. The van der Waals surface area contributed by atoms with Gasteiger partial charge in [-0.3, -0.25) is 0 Å². The molecule has 0 amide bonds. The maximum absolute atomic E-state index is 5.50. The molecule has 13 heavy (non-hydrogen) atoms. The predicted molar refractivity (Wildman–Crippen MR) is 58.2 cm³/mol. The predicted octanol–water partition coefficient (Wildman–Crippen LogP) is 1.89. The van der Waals surface area contributed by atoms with Crippen LogP contribution < -0.4 is 10.6 Å². The molecule has 1 aliphatic rings. The Morgan fingerprint density at radius 1 is 1.54 bits per heavy atom.